The van der Waals surface area contributed by atoms with E-state index in [4.69, 9.17) is 0 Å². The van der Waals surface area contributed by atoms with Crippen molar-refractivity contribution in [3.05, 3.63) is 29.8 Å². The van der Waals surface area contributed by atoms with Gasteiger partial charge < -0.3 is 21.1 Å². The molecule has 4 N–H and O–H groups in total. The fourth-order valence-electron chi connectivity index (χ4n) is 3.43. The lowest BCUT2D eigenvalue weighted by Gasteiger charge is -2.37. The van der Waals surface area contributed by atoms with Crippen molar-refractivity contribution >= 4 is 23.6 Å². The number of rotatable bonds is 6. The maximum absolute atomic E-state index is 12.7. The Bertz CT molecular complexity index is 694. The lowest BCUT2D eigenvalue weighted by Crippen LogP contribution is -2.56. The van der Waals surface area contributed by atoms with E-state index in [1.807, 2.05) is 13.8 Å². The van der Waals surface area contributed by atoms with Crippen molar-refractivity contribution in [2.45, 2.75) is 64.5 Å². The lowest BCUT2D eigenvalue weighted by molar-refractivity contribution is -0.146. The Labute approximate surface area is 159 Å². The molecule has 7 heteroatoms. The zero-order chi connectivity index (χ0) is 20.0. The number of nitrogens with one attached hydrogen (secondary N) is 3. The SMILES string of the molecule is CCC1CCC(NC(=O)c2cccc(NC(=O)NC(C)C)c2)(C(=O)O)CC1. The van der Waals surface area contributed by atoms with Crippen LogP contribution in [0.2, 0.25) is 0 Å². The highest BCUT2D eigenvalue weighted by Crippen LogP contribution is 2.34. The van der Waals surface area contributed by atoms with E-state index in [1.54, 1.807) is 24.3 Å². The molecule has 2 rings (SSSR count). The van der Waals surface area contributed by atoms with E-state index < -0.39 is 17.4 Å². The fraction of sp³-hybridized carbons (Fsp3) is 0.550. The first-order chi connectivity index (χ1) is 12.8. The molecule has 1 aromatic rings. The van der Waals surface area contributed by atoms with Gasteiger partial charge in [-0.05, 0) is 63.6 Å². The minimum absolute atomic E-state index is 0.00912. The van der Waals surface area contributed by atoms with E-state index in [0.29, 0.717) is 30.0 Å². The molecule has 0 atom stereocenters. The van der Waals surface area contributed by atoms with Crippen LogP contribution < -0.4 is 16.0 Å². The van der Waals surface area contributed by atoms with Crippen molar-refractivity contribution in [1.29, 1.82) is 0 Å². The first-order valence-electron chi connectivity index (χ1n) is 9.49. The molecule has 1 fully saturated rings. The van der Waals surface area contributed by atoms with Crippen LogP contribution in [0.4, 0.5) is 10.5 Å². The summed E-state index contributed by atoms with van der Waals surface area (Å²) < 4.78 is 0. The molecule has 0 radical (unpaired) electrons. The van der Waals surface area contributed by atoms with Gasteiger partial charge in [-0.1, -0.05) is 19.4 Å². The molecule has 0 spiro atoms. The number of anilines is 1. The highest BCUT2D eigenvalue weighted by atomic mass is 16.4. The molecule has 0 aliphatic heterocycles. The van der Waals surface area contributed by atoms with Crippen LogP contribution >= 0.6 is 0 Å². The molecule has 1 aliphatic rings. The van der Waals surface area contributed by atoms with Gasteiger partial charge in [-0.3, -0.25) is 4.79 Å². The monoisotopic (exact) mass is 375 g/mol. The van der Waals surface area contributed by atoms with Gasteiger partial charge in [-0.2, -0.15) is 0 Å². The largest absolute Gasteiger partial charge is 0.480 e. The van der Waals surface area contributed by atoms with E-state index >= 15 is 0 Å². The number of urea groups is 1. The Hall–Kier alpha value is -2.57. The number of carboxylic acid groups (broad SMARTS) is 1. The maximum Gasteiger partial charge on any atom is 0.329 e. The van der Waals surface area contributed by atoms with Crippen molar-refractivity contribution in [3.63, 3.8) is 0 Å². The first-order valence-corrected chi connectivity index (χ1v) is 9.49. The van der Waals surface area contributed by atoms with Crippen LogP contribution in [-0.2, 0) is 4.79 Å². The Morgan fingerprint density at radius 1 is 1.22 bits per heavy atom. The molecule has 0 bridgehead atoms. The molecule has 0 aromatic heterocycles. The summed E-state index contributed by atoms with van der Waals surface area (Å²) in [5, 5.41) is 17.8. The van der Waals surface area contributed by atoms with Gasteiger partial charge in [-0.15, -0.1) is 0 Å². The highest BCUT2D eigenvalue weighted by molar-refractivity contribution is 5.99. The summed E-state index contributed by atoms with van der Waals surface area (Å²) in [7, 11) is 0. The molecular formula is C20H29N3O4. The second-order valence-corrected chi connectivity index (χ2v) is 7.53. The minimum atomic E-state index is -1.22. The van der Waals surface area contributed by atoms with Gasteiger partial charge in [0.1, 0.15) is 5.54 Å². The number of aliphatic carboxylic acids is 1. The number of carboxylic acids is 1. The predicted molar refractivity (Wildman–Crippen MR) is 104 cm³/mol. The normalized spacial score (nSPS) is 22.1. The number of carbonyl (C=O) groups is 3. The van der Waals surface area contributed by atoms with Crippen molar-refractivity contribution < 1.29 is 19.5 Å². The van der Waals surface area contributed by atoms with Crippen LogP contribution in [0.25, 0.3) is 0 Å². The average Bonchev–Trinajstić information content (AvgIpc) is 2.61. The van der Waals surface area contributed by atoms with Gasteiger partial charge in [0.2, 0.25) is 0 Å². The van der Waals surface area contributed by atoms with Crippen LogP contribution in [0.3, 0.4) is 0 Å². The molecule has 1 aromatic carbocycles. The van der Waals surface area contributed by atoms with Crippen molar-refractivity contribution in [2.75, 3.05) is 5.32 Å². The van der Waals surface area contributed by atoms with Gasteiger partial charge in [0.25, 0.3) is 5.91 Å². The number of amides is 3. The van der Waals surface area contributed by atoms with Crippen molar-refractivity contribution in [3.8, 4) is 0 Å². The summed E-state index contributed by atoms with van der Waals surface area (Å²) in [5.41, 5.74) is -0.434. The molecule has 3 amide bonds. The zero-order valence-electron chi connectivity index (χ0n) is 16.2. The standard InChI is InChI=1S/C20H29N3O4/c1-4-14-8-10-20(11-9-14,18(25)26)23-17(24)15-6-5-7-16(12-15)22-19(27)21-13(2)3/h5-7,12-14H,4,8-11H2,1-3H3,(H,23,24)(H,25,26)(H2,21,22,27). The van der Waals surface area contributed by atoms with Crippen LogP contribution in [0, 0.1) is 5.92 Å². The van der Waals surface area contributed by atoms with E-state index in [0.717, 1.165) is 19.3 Å². The van der Waals surface area contributed by atoms with Gasteiger partial charge in [0, 0.05) is 17.3 Å². The molecule has 7 nitrogen and oxygen atoms in total. The van der Waals surface area contributed by atoms with Crippen LogP contribution in [0.5, 0.6) is 0 Å². The molecule has 1 aliphatic carbocycles. The van der Waals surface area contributed by atoms with Crippen LogP contribution in [-0.4, -0.2) is 34.6 Å². The number of hydrogen-bond donors (Lipinski definition) is 4. The summed E-state index contributed by atoms with van der Waals surface area (Å²) in [6.07, 6.45) is 3.47. The van der Waals surface area contributed by atoms with Gasteiger partial charge in [0.05, 0.1) is 0 Å². The van der Waals surface area contributed by atoms with Crippen molar-refractivity contribution in [1.82, 2.24) is 10.6 Å². The topological polar surface area (TPSA) is 108 Å². The average molecular weight is 375 g/mol. The van der Waals surface area contributed by atoms with E-state index in [1.165, 1.54) is 0 Å². The lowest BCUT2D eigenvalue weighted by atomic mass is 9.75. The Kier molecular flexibility index (Phi) is 6.82. The summed E-state index contributed by atoms with van der Waals surface area (Å²) in [4.78, 5) is 36.4. The number of benzene rings is 1. The van der Waals surface area contributed by atoms with E-state index in [-0.39, 0.29) is 12.1 Å². The Morgan fingerprint density at radius 3 is 2.44 bits per heavy atom. The molecule has 1 saturated carbocycles. The highest BCUT2D eigenvalue weighted by Gasteiger charge is 2.43. The third kappa shape index (κ3) is 5.45. The smallest absolute Gasteiger partial charge is 0.329 e. The summed E-state index contributed by atoms with van der Waals surface area (Å²) in [6, 6.07) is 6.11. The second kappa shape index (κ2) is 8.88. The van der Waals surface area contributed by atoms with Gasteiger partial charge >= 0.3 is 12.0 Å². The molecule has 0 heterocycles. The third-order valence-corrected chi connectivity index (χ3v) is 5.10. The van der Waals surface area contributed by atoms with E-state index in [2.05, 4.69) is 22.9 Å². The second-order valence-electron chi connectivity index (χ2n) is 7.53. The molecule has 0 saturated heterocycles. The van der Waals surface area contributed by atoms with Crippen LogP contribution in [0.1, 0.15) is 63.2 Å². The predicted octanol–water partition coefficient (Wildman–Crippen LogP) is 3.37. The van der Waals surface area contributed by atoms with Gasteiger partial charge in [0.15, 0.2) is 0 Å². The summed E-state index contributed by atoms with van der Waals surface area (Å²) in [6.45, 7) is 5.80. The van der Waals surface area contributed by atoms with E-state index in [9.17, 15) is 19.5 Å². The molecule has 27 heavy (non-hydrogen) atoms. The first kappa shape index (κ1) is 20.7. The zero-order valence-corrected chi connectivity index (χ0v) is 16.2. The summed E-state index contributed by atoms with van der Waals surface area (Å²) >= 11 is 0. The fourth-order valence-corrected chi connectivity index (χ4v) is 3.43. The minimum Gasteiger partial charge on any atom is -0.480 e. The third-order valence-electron chi connectivity index (χ3n) is 5.10. The van der Waals surface area contributed by atoms with Crippen molar-refractivity contribution in [2.24, 2.45) is 5.92 Å². The Morgan fingerprint density at radius 2 is 1.89 bits per heavy atom. The molecular weight excluding hydrogens is 346 g/mol. The Balaban J connectivity index is 2.09. The molecule has 0 unspecified atom stereocenters. The molecule has 148 valence electrons. The number of hydrogen-bond acceptors (Lipinski definition) is 3. The van der Waals surface area contributed by atoms with Crippen LogP contribution in [0.15, 0.2) is 24.3 Å². The maximum atomic E-state index is 12.7. The summed E-state index contributed by atoms with van der Waals surface area (Å²) in [5.74, 6) is -0.919. The number of carbonyl (C=O) groups excluding carboxylic acids is 2. The van der Waals surface area contributed by atoms with Gasteiger partial charge in [-0.25, -0.2) is 9.59 Å². The quantitative estimate of drug-likeness (QED) is 0.611.